The van der Waals surface area contributed by atoms with Crippen molar-refractivity contribution in [3.63, 3.8) is 0 Å². The zero-order valence-corrected chi connectivity index (χ0v) is 36.6. The zero-order chi connectivity index (χ0) is 44.3. The van der Waals surface area contributed by atoms with Crippen LogP contribution in [0.3, 0.4) is 0 Å². The van der Waals surface area contributed by atoms with E-state index < -0.39 is 0 Å². The lowest BCUT2D eigenvalue weighted by atomic mass is 9.98. The lowest BCUT2D eigenvalue weighted by Gasteiger charge is -2.26. The highest BCUT2D eigenvalue weighted by Gasteiger charge is 2.16. The molecule has 2 aromatic heterocycles. The van der Waals surface area contributed by atoms with Crippen LogP contribution < -0.4 is 4.90 Å². The summed E-state index contributed by atoms with van der Waals surface area (Å²) < 4.78 is 8.64. The standard InChI is InChI=1S/C64H42N2O/c1-2-12-47-40-51(24-23-43(47)11-1)45-27-34-54(35-28-45)65(55-36-29-46(30-37-55)52-31-38-60-59-19-5-8-22-63(59)67-64(60)42-52)53-32-25-44(26-33-53)48-13-9-14-49(39-48)50-15-10-16-56(41-50)66-61-20-6-3-17-57(61)58-18-4-7-21-62(58)66/h1-42H. The topological polar surface area (TPSA) is 21.3 Å². The molecule has 11 aromatic carbocycles. The van der Waals surface area contributed by atoms with E-state index in [2.05, 4.69) is 252 Å². The van der Waals surface area contributed by atoms with Crippen molar-refractivity contribution in [1.29, 1.82) is 0 Å². The van der Waals surface area contributed by atoms with Crippen LogP contribution in [0.25, 0.3) is 105 Å². The Bertz CT molecular complexity index is 3920. The minimum absolute atomic E-state index is 0.898. The Balaban J connectivity index is 0.841. The molecular formula is C64H42N2O. The van der Waals surface area contributed by atoms with Crippen molar-refractivity contribution >= 4 is 71.6 Å². The van der Waals surface area contributed by atoms with Gasteiger partial charge in [-0.1, -0.05) is 164 Å². The number of nitrogens with zero attached hydrogens (tertiary/aromatic N) is 2. The van der Waals surface area contributed by atoms with Gasteiger partial charge in [0.2, 0.25) is 0 Å². The highest BCUT2D eigenvalue weighted by atomic mass is 16.3. The lowest BCUT2D eigenvalue weighted by Crippen LogP contribution is -2.09. The van der Waals surface area contributed by atoms with Gasteiger partial charge >= 0.3 is 0 Å². The Morgan fingerprint density at radius 3 is 1.36 bits per heavy atom. The first-order chi connectivity index (χ1) is 33.2. The number of hydrogen-bond donors (Lipinski definition) is 0. The molecule has 2 heterocycles. The highest BCUT2D eigenvalue weighted by Crippen LogP contribution is 2.40. The second-order valence-corrected chi connectivity index (χ2v) is 17.3. The maximum Gasteiger partial charge on any atom is 0.136 e. The van der Waals surface area contributed by atoms with Gasteiger partial charge in [0.25, 0.3) is 0 Å². The number of para-hydroxylation sites is 3. The van der Waals surface area contributed by atoms with Crippen LogP contribution in [-0.4, -0.2) is 4.57 Å². The molecule has 0 aliphatic rings. The minimum Gasteiger partial charge on any atom is -0.456 e. The summed E-state index contributed by atoms with van der Waals surface area (Å²) >= 11 is 0. The Hall–Kier alpha value is -8.92. The van der Waals surface area contributed by atoms with Crippen LogP contribution >= 0.6 is 0 Å². The first-order valence-corrected chi connectivity index (χ1v) is 22.9. The fraction of sp³-hybridized carbons (Fsp3) is 0. The molecule has 0 aliphatic carbocycles. The average molecular weight is 855 g/mol. The molecule has 3 heteroatoms. The lowest BCUT2D eigenvalue weighted by molar-refractivity contribution is 0.669. The number of aromatic nitrogens is 1. The maximum absolute atomic E-state index is 6.26. The van der Waals surface area contributed by atoms with Crippen LogP contribution in [0.2, 0.25) is 0 Å². The van der Waals surface area contributed by atoms with Crippen molar-refractivity contribution in [2.45, 2.75) is 0 Å². The summed E-state index contributed by atoms with van der Waals surface area (Å²) in [7, 11) is 0. The van der Waals surface area contributed by atoms with Crippen LogP contribution in [0.5, 0.6) is 0 Å². The number of fused-ring (bicyclic) bond motifs is 7. The molecule has 0 amide bonds. The Kier molecular flexibility index (Phi) is 9.17. The van der Waals surface area contributed by atoms with Crippen LogP contribution in [0.1, 0.15) is 0 Å². The van der Waals surface area contributed by atoms with E-state index in [-0.39, 0.29) is 0 Å². The quantitative estimate of drug-likeness (QED) is 0.152. The summed E-state index contributed by atoms with van der Waals surface area (Å²) in [6, 6.07) is 92.0. The van der Waals surface area contributed by atoms with E-state index in [4.69, 9.17) is 4.42 Å². The van der Waals surface area contributed by atoms with Crippen molar-refractivity contribution in [1.82, 2.24) is 4.57 Å². The van der Waals surface area contributed by atoms with Crippen LogP contribution in [-0.2, 0) is 0 Å². The molecule has 0 atom stereocenters. The fourth-order valence-corrected chi connectivity index (χ4v) is 10.0. The first kappa shape index (κ1) is 38.5. The highest BCUT2D eigenvalue weighted by molar-refractivity contribution is 6.09. The normalized spacial score (nSPS) is 11.6. The number of furan rings is 1. The van der Waals surface area contributed by atoms with E-state index in [1.165, 1.54) is 60.4 Å². The van der Waals surface area contributed by atoms with Gasteiger partial charge in [0, 0.05) is 44.3 Å². The van der Waals surface area contributed by atoms with E-state index in [1.807, 2.05) is 12.1 Å². The third kappa shape index (κ3) is 6.84. The average Bonchev–Trinajstić information content (AvgIpc) is 3.95. The van der Waals surface area contributed by atoms with Gasteiger partial charge in [-0.05, 0) is 146 Å². The Morgan fingerprint density at radius 1 is 0.269 bits per heavy atom. The molecule has 0 saturated carbocycles. The summed E-state index contributed by atoms with van der Waals surface area (Å²) in [4.78, 5) is 2.34. The van der Waals surface area contributed by atoms with Gasteiger partial charge in [0.05, 0.1) is 11.0 Å². The Labute approximate surface area is 388 Å². The van der Waals surface area contributed by atoms with Gasteiger partial charge in [-0.2, -0.15) is 0 Å². The van der Waals surface area contributed by atoms with Crippen LogP contribution in [0.15, 0.2) is 259 Å². The molecule has 0 saturated heterocycles. The van der Waals surface area contributed by atoms with Crippen molar-refractivity contribution in [2.75, 3.05) is 4.90 Å². The second kappa shape index (κ2) is 16.0. The summed E-state index contributed by atoms with van der Waals surface area (Å²) in [6.07, 6.45) is 0. The van der Waals surface area contributed by atoms with Crippen LogP contribution in [0.4, 0.5) is 17.1 Å². The van der Waals surface area contributed by atoms with E-state index in [0.717, 1.165) is 61.4 Å². The van der Waals surface area contributed by atoms with E-state index in [1.54, 1.807) is 0 Å². The largest absolute Gasteiger partial charge is 0.456 e. The zero-order valence-electron chi connectivity index (χ0n) is 36.6. The number of benzene rings is 11. The first-order valence-electron chi connectivity index (χ1n) is 22.9. The molecule has 3 nitrogen and oxygen atoms in total. The van der Waals surface area contributed by atoms with E-state index in [0.29, 0.717) is 0 Å². The summed E-state index contributed by atoms with van der Waals surface area (Å²) in [5.74, 6) is 0. The van der Waals surface area contributed by atoms with E-state index in [9.17, 15) is 0 Å². The number of rotatable bonds is 8. The number of anilines is 3. The second-order valence-electron chi connectivity index (χ2n) is 17.3. The van der Waals surface area contributed by atoms with Crippen molar-refractivity contribution in [2.24, 2.45) is 0 Å². The molecule has 67 heavy (non-hydrogen) atoms. The molecular weight excluding hydrogens is 813 g/mol. The fourth-order valence-electron chi connectivity index (χ4n) is 10.0. The van der Waals surface area contributed by atoms with Gasteiger partial charge < -0.3 is 13.9 Å². The third-order valence-electron chi connectivity index (χ3n) is 13.4. The summed E-state index contributed by atoms with van der Waals surface area (Å²) in [6.45, 7) is 0. The SMILES string of the molecule is c1cc(-c2ccc(N(c3ccc(-c4ccc5ccccc5c4)cc3)c3ccc(-c4ccc5c(c4)oc4ccccc45)cc3)cc2)cc(-c2cccc(-n3c4ccccc4c4ccccc43)c2)c1. The smallest absolute Gasteiger partial charge is 0.136 e. The van der Waals surface area contributed by atoms with Crippen molar-refractivity contribution in [3.8, 4) is 50.2 Å². The minimum atomic E-state index is 0.898. The number of hydrogen-bond acceptors (Lipinski definition) is 2. The molecule has 0 bridgehead atoms. The Morgan fingerprint density at radius 2 is 0.716 bits per heavy atom. The van der Waals surface area contributed by atoms with Crippen molar-refractivity contribution in [3.05, 3.63) is 255 Å². The molecule has 0 unspecified atom stereocenters. The molecule has 0 aliphatic heterocycles. The van der Waals surface area contributed by atoms with Gasteiger partial charge in [-0.15, -0.1) is 0 Å². The molecule has 0 N–H and O–H groups in total. The third-order valence-corrected chi connectivity index (χ3v) is 13.4. The molecule has 0 spiro atoms. The van der Waals surface area contributed by atoms with Gasteiger partial charge in [0.15, 0.2) is 0 Å². The molecule has 13 rings (SSSR count). The predicted octanol–water partition coefficient (Wildman–Crippen LogP) is 18.0. The monoisotopic (exact) mass is 854 g/mol. The predicted molar refractivity (Wildman–Crippen MR) is 282 cm³/mol. The molecule has 314 valence electrons. The van der Waals surface area contributed by atoms with Gasteiger partial charge in [-0.3, -0.25) is 0 Å². The van der Waals surface area contributed by atoms with Gasteiger partial charge in [0.1, 0.15) is 11.2 Å². The van der Waals surface area contributed by atoms with Crippen molar-refractivity contribution < 1.29 is 4.42 Å². The molecule has 13 aromatic rings. The van der Waals surface area contributed by atoms with Gasteiger partial charge in [-0.25, -0.2) is 0 Å². The summed E-state index contributed by atoms with van der Waals surface area (Å²) in [5.41, 5.74) is 17.9. The summed E-state index contributed by atoms with van der Waals surface area (Å²) in [5, 5.41) is 7.29. The molecule has 0 fully saturated rings. The van der Waals surface area contributed by atoms with Crippen LogP contribution in [0, 0.1) is 0 Å². The van der Waals surface area contributed by atoms with E-state index >= 15 is 0 Å². The maximum atomic E-state index is 6.26. The molecule has 0 radical (unpaired) electrons.